The van der Waals surface area contributed by atoms with Crippen molar-refractivity contribution in [3.63, 3.8) is 0 Å². The summed E-state index contributed by atoms with van der Waals surface area (Å²) in [7, 11) is 1.45. The van der Waals surface area contributed by atoms with Crippen LogP contribution in [0.4, 0.5) is 4.39 Å². The number of ether oxygens (including phenoxy) is 1. The molecule has 0 saturated carbocycles. The second kappa shape index (κ2) is 5.42. The molecule has 17 heavy (non-hydrogen) atoms. The number of halogens is 1. The summed E-state index contributed by atoms with van der Waals surface area (Å²) in [6.07, 6.45) is 0.921. The smallest absolute Gasteiger partial charge is 0.256 e. The molecule has 0 bridgehead atoms. The number of likely N-dealkylation sites (N-methyl/N-ethyl adjacent to an activating group) is 1. The number of methoxy groups -OCH3 is 1. The van der Waals surface area contributed by atoms with Gasteiger partial charge < -0.3 is 10.1 Å². The topological polar surface area (TPSA) is 34.2 Å². The third-order valence-electron chi connectivity index (χ3n) is 2.61. The Labute approximate surface area is 104 Å². The molecule has 0 unspecified atom stereocenters. The lowest BCUT2D eigenvalue weighted by molar-refractivity contribution is 0.379. The van der Waals surface area contributed by atoms with Crippen LogP contribution in [-0.4, -0.2) is 25.2 Å². The third-order valence-corrected chi connectivity index (χ3v) is 3.55. The zero-order valence-corrected chi connectivity index (χ0v) is 10.7. The Morgan fingerprint density at radius 2 is 2.35 bits per heavy atom. The van der Waals surface area contributed by atoms with Gasteiger partial charge in [-0.3, -0.25) is 0 Å². The molecule has 3 nitrogen and oxygen atoms in total. The Morgan fingerprint density at radius 1 is 1.53 bits per heavy atom. The molecule has 0 radical (unpaired) electrons. The van der Waals surface area contributed by atoms with E-state index >= 15 is 0 Å². The number of rotatable bonds is 5. The van der Waals surface area contributed by atoms with Crippen molar-refractivity contribution in [2.75, 3.05) is 20.2 Å². The van der Waals surface area contributed by atoms with E-state index in [0.29, 0.717) is 0 Å². The Kier molecular flexibility index (Phi) is 3.91. The zero-order valence-electron chi connectivity index (χ0n) is 9.92. The minimum absolute atomic E-state index is 0.209. The number of thiophene rings is 1. The summed E-state index contributed by atoms with van der Waals surface area (Å²) in [6, 6.07) is 1.73. The van der Waals surface area contributed by atoms with Gasteiger partial charge in [0.1, 0.15) is 4.83 Å². The summed E-state index contributed by atoms with van der Waals surface area (Å²) in [5.41, 5.74) is 1.19. The molecule has 0 amide bonds. The molecule has 0 aliphatic carbocycles. The minimum Gasteiger partial charge on any atom is -0.492 e. The van der Waals surface area contributed by atoms with Crippen molar-refractivity contribution in [2.45, 2.75) is 13.3 Å². The van der Waals surface area contributed by atoms with Crippen molar-refractivity contribution in [2.24, 2.45) is 0 Å². The van der Waals surface area contributed by atoms with Gasteiger partial charge >= 0.3 is 0 Å². The predicted octanol–water partition coefficient (Wildman–Crippen LogP) is 2.60. The summed E-state index contributed by atoms with van der Waals surface area (Å²) in [4.78, 5) is 4.63. The predicted molar refractivity (Wildman–Crippen MR) is 68.4 cm³/mol. The van der Waals surface area contributed by atoms with E-state index in [2.05, 4.69) is 17.2 Å². The second-order valence-electron chi connectivity index (χ2n) is 3.70. The van der Waals surface area contributed by atoms with Crippen molar-refractivity contribution in [1.82, 2.24) is 10.3 Å². The Bertz CT molecular complexity index is 512. The zero-order chi connectivity index (χ0) is 12.3. The summed E-state index contributed by atoms with van der Waals surface area (Å²) in [6.45, 7) is 3.95. The van der Waals surface area contributed by atoms with E-state index in [0.717, 1.165) is 29.7 Å². The van der Waals surface area contributed by atoms with Gasteiger partial charge in [-0.15, -0.1) is 11.3 Å². The van der Waals surface area contributed by atoms with Crippen LogP contribution in [0.3, 0.4) is 0 Å². The highest BCUT2D eigenvalue weighted by molar-refractivity contribution is 7.16. The summed E-state index contributed by atoms with van der Waals surface area (Å²) < 4.78 is 18.3. The Balaban J connectivity index is 2.31. The quantitative estimate of drug-likeness (QED) is 0.658. The monoisotopic (exact) mass is 254 g/mol. The van der Waals surface area contributed by atoms with E-state index in [4.69, 9.17) is 4.74 Å². The number of pyridine rings is 1. The van der Waals surface area contributed by atoms with Gasteiger partial charge in [-0.2, -0.15) is 4.39 Å². The van der Waals surface area contributed by atoms with Crippen molar-refractivity contribution < 1.29 is 9.13 Å². The third kappa shape index (κ3) is 2.56. The van der Waals surface area contributed by atoms with Crippen LogP contribution in [0.25, 0.3) is 10.2 Å². The molecule has 0 saturated heterocycles. The molecular weight excluding hydrogens is 239 g/mol. The maximum atomic E-state index is 13.4. The van der Waals surface area contributed by atoms with Crippen molar-refractivity contribution in [3.8, 4) is 5.75 Å². The number of hydrogen-bond donors (Lipinski definition) is 1. The summed E-state index contributed by atoms with van der Waals surface area (Å²) in [5.74, 6) is -0.333. The fraction of sp³-hybridized carbons (Fsp3) is 0.417. The molecule has 2 heterocycles. The molecule has 92 valence electrons. The van der Waals surface area contributed by atoms with Crippen LogP contribution in [0.15, 0.2) is 11.4 Å². The molecule has 1 N–H and O–H groups in total. The average Bonchev–Trinajstić information content (AvgIpc) is 2.71. The summed E-state index contributed by atoms with van der Waals surface area (Å²) in [5, 5.41) is 6.30. The van der Waals surface area contributed by atoms with Crippen LogP contribution < -0.4 is 10.1 Å². The second-order valence-corrected chi connectivity index (χ2v) is 4.56. The van der Waals surface area contributed by atoms with Gasteiger partial charge in [0.15, 0.2) is 5.75 Å². The van der Waals surface area contributed by atoms with Gasteiger partial charge in [-0.25, -0.2) is 4.98 Å². The molecule has 0 aliphatic heterocycles. The van der Waals surface area contributed by atoms with Crippen LogP contribution in [0.1, 0.15) is 12.5 Å². The highest BCUT2D eigenvalue weighted by Crippen LogP contribution is 2.29. The van der Waals surface area contributed by atoms with E-state index in [1.165, 1.54) is 24.0 Å². The van der Waals surface area contributed by atoms with Gasteiger partial charge in [0.25, 0.3) is 5.95 Å². The van der Waals surface area contributed by atoms with Gasteiger partial charge in [-0.05, 0) is 36.5 Å². The highest BCUT2D eigenvalue weighted by Gasteiger charge is 2.11. The lowest BCUT2D eigenvalue weighted by Gasteiger charge is -2.03. The van der Waals surface area contributed by atoms with E-state index in [-0.39, 0.29) is 5.75 Å². The lowest BCUT2D eigenvalue weighted by atomic mass is 10.1. The number of aromatic nitrogens is 1. The number of fused-ring (bicyclic) bond motifs is 1. The molecule has 0 aromatic carbocycles. The number of nitrogens with zero attached hydrogens (tertiary/aromatic N) is 1. The van der Waals surface area contributed by atoms with Crippen molar-refractivity contribution in [1.29, 1.82) is 0 Å². The highest BCUT2D eigenvalue weighted by atomic mass is 32.1. The fourth-order valence-electron chi connectivity index (χ4n) is 1.70. The molecule has 2 aromatic rings. The molecule has 2 rings (SSSR count). The molecule has 0 spiro atoms. The van der Waals surface area contributed by atoms with Gasteiger partial charge in [0, 0.05) is 5.39 Å². The first-order valence-electron chi connectivity index (χ1n) is 5.57. The summed E-state index contributed by atoms with van der Waals surface area (Å²) >= 11 is 1.47. The minimum atomic E-state index is -0.542. The maximum Gasteiger partial charge on any atom is 0.256 e. The van der Waals surface area contributed by atoms with Crippen LogP contribution >= 0.6 is 11.3 Å². The number of nitrogens with one attached hydrogen (secondary N) is 1. The van der Waals surface area contributed by atoms with Crippen molar-refractivity contribution in [3.05, 3.63) is 23.0 Å². The first kappa shape index (κ1) is 12.3. The molecule has 0 fully saturated rings. The molecule has 0 atom stereocenters. The standard InChI is InChI=1S/C12H15FN2OS/c1-3-14-5-4-8-7-17-12-9(8)6-10(16-2)11(13)15-12/h6-7,14H,3-5H2,1-2H3. The molecule has 5 heteroatoms. The van der Waals surface area contributed by atoms with E-state index in [1.54, 1.807) is 6.07 Å². The maximum absolute atomic E-state index is 13.4. The van der Waals surface area contributed by atoms with Crippen LogP contribution in [0, 0.1) is 5.95 Å². The van der Waals surface area contributed by atoms with E-state index in [1.807, 2.05) is 5.38 Å². The lowest BCUT2D eigenvalue weighted by Crippen LogP contribution is -2.15. The molecular formula is C12H15FN2OS. The van der Waals surface area contributed by atoms with E-state index in [9.17, 15) is 4.39 Å². The van der Waals surface area contributed by atoms with Gasteiger partial charge in [-0.1, -0.05) is 6.92 Å². The van der Waals surface area contributed by atoms with Crippen LogP contribution in [-0.2, 0) is 6.42 Å². The number of hydrogen-bond acceptors (Lipinski definition) is 4. The molecule has 2 aromatic heterocycles. The Hall–Kier alpha value is -1.20. The largest absolute Gasteiger partial charge is 0.492 e. The fourth-order valence-corrected chi connectivity index (χ4v) is 2.65. The van der Waals surface area contributed by atoms with Gasteiger partial charge in [0.2, 0.25) is 0 Å². The normalized spacial score (nSPS) is 11.0. The SMILES string of the molecule is CCNCCc1csc2nc(F)c(OC)cc12. The van der Waals surface area contributed by atoms with Gasteiger partial charge in [0.05, 0.1) is 7.11 Å². The first-order valence-corrected chi connectivity index (χ1v) is 6.45. The first-order chi connectivity index (χ1) is 8.26. The van der Waals surface area contributed by atoms with Crippen LogP contribution in [0.2, 0.25) is 0 Å². The Morgan fingerprint density at radius 3 is 3.06 bits per heavy atom. The average molecular weight is 254 g/mol. The van der Waals surface area contributed by atoms with Crippen molar-refractivity contribution >= 4 is 21.6 Å². The molecule has 0 aliphatic rings. The van der Waals surface area contributed by atoms with E-state index < -0.39 is 5.95 Å². The van der Waals surface area contributed by atoms with Crippen LogP contribution in [0.5, 0.6) is 5.75 Å².